The van der Waals surface area contributed by atoms with E-state index in [-0.39, 0.29) is 16.4 Å². The molecule has 2 aromatic carbocycles. The molecule has 0 radical (unpaired) electrons. The normalized spacial score (nSPS) is 21.7. The van der Waals surface area contributed by atoms with Gasteiger partial charge in [-0.2, -0.15) is 0 Å². The van der Waals surface area contributed by atoms with Gasteiger partial charge in [-0.25, -0.2) is 8.42 Å². The Balaban J connectivity index is 1.34. The number of methoxy groups -OCH3 is 1. The van der Waals surface area contributed by atoms with Gasteiger partial charge in [0.05, 0.1) is 12.0 Å². The zero-order valence-corrected chi connectivity index (χ0v) is 18.7. The van der Waals surface area contributed by atoms with Crippen LogP contribution in [0, 0.1) is 17.8 Å². The third-order valence-corrected chi connectivity index (χ3v) is 7.78. The summed E-state index contributed by atoms with van der Waals surface area (Å²) in [5.74, 6) is 1.58. The van der Waals surface area contributed by atoms with Crippen LogP contribution in [-0.2, 0) is 14.8 Å². The van der Waals surface area contributed by atoms with Gasteiger partial charge in [-0.05, 0) is 79.5 Å². The van der Waals surface area contributed by atoms with Gasteiger partial charge in [0.2, 0.25) is 5.91 Å². The van der Waals surface area contributed by atoms with E-state index in [0.717, 1.165) is 12.3 Å². The zero-order valence-electron chi connectivity index (χ0n) is 17.8. The van der Waals surface area contributed by atoms with E-state index >= 15 is 0 Å². The van der Waals surface area contributed by atoms with Gasteiger partial charge in [-0.3, -0.25) is 25.2 Å². The molecule has 3 atom stereocenters. The smallest absolute Gasteiger partial charge is 0.269 e. The van der Waals surface area contributed by atoms with Gasteiger partial charge < -0.3 is 4.74 Å². The van der Waals surface area contributed by atoms with Crippen molar-refractivity contribution >= 4 is 27.5 Å². The lowest BCUT2D eigenvalue weighted by Crippen LogP contribution is -2.42. The van der Waals surface area contributed by atoms with E-state index in [1.165, 1.54) is 50.6 Å². The van der Waals surface area contributed by atoms with Crippen molar-refractivity contribution in [1.29, 1.82) is 0 Å². The Labute approximate surface area is 187 Å². The van der Waals surface area contributed by atoms with E-state index in [0.29, 0.717) is 29.7 Å². The molecular formula is C23H27N3O5S. The minimum absolute atomic E-state index is 0.0609. The summed E-state index contributed by atoms with van der Waals surface area (Å²) in [5, 5.41) is 0. The highest BCUT2D eigenvalue weighted by Gasteiger charge is 2.40. The van der Waals surface area contributed by atoms with Crippen LogP contribution in [0.25, 0.3) is 0 Å². The number of hydrazine groups is 1. The second kappa shape index (κ2) is 9.20. The average molecular weight is 458 g/mol. The molecule has 2 aromatic rings. The number of carbonyl (C=O) groups excluding carboxylic acids is 2. The van der Waals surface area contributed by atoms with Gasteiger partial charge in [-0.15, -0.1) is 0 Å². The molecule has 2 fully saturated rings. The predicted molar refractivity (Wildman–Crippen MR) is 119 cm³/mol. The first-order valence-corrected chi connectivity index (χ1v) is 12.2. The lowest BCUT2D eigenvalue weighted by Gasteiger charge is -2.20. The number of carbonyl (C=O) groups is 2. The molecule has 2 amide bonds. The number of hydrogen-bond donors (Lipinski definition) is 3. The van der Waals surface area contributed by atoms with Crippen LogP contribution in [0.4, 0.5) is 5.69 Å². The fourth-order valence-corrected chi connectivity index (χ4v) is 5.90. The Hall–Kier alpha value is -3.07. The Morgan fingerprint density at radius 2 is 1.81 bits per heavy atom. The molecule has 0 aliphatic heterocycles. The van der Waals surface area contributed by atoms with Gasteiger partial charge in [-0.1, -0.05) is 12.5 Å². The van der Waals surface area contributed by atoms with Crippen molar-refractivity contribution in [1.82, 2.24) is 10.9 Å². The summed E-state index contributed by atoms with van der Waals surface area (Å²) in [7, 11) is -2.37. The van der Waals surface area contributed by atoms with Crippen LogP contribution >= 0.6 is 0 Å². The van der Waals surface area contributed by atoms with Crippen LogP contribution < -0.4 is 20.3 Å². The van der Waals surface area contributed by atoms with Gasteiger partial charge in [0, 0.05) is 17.7 Å². The second-order valence-electron chi connectivity index (χ2n) is 8.50. The van der Waals surface area contributed by atoms with Crippen molar-refractivity contribution in [3.8, 4) is 5.75 Å². The minimum Gasteiger partial charge on any atom is -0.497 e. The van der Waals surface area contributed by atoms with Crippen molar-refractivity contribution < 1.29 is 22.7 Å². The summed E-state index contributed by atoms with van der Waals surface area (Å²) in [6.07, 6.45) is 5.18. The molecule has 170 valence electrons. The molecule has 0 heterocycles. The number of amides is 2. The fraction of sp³-hybridized carbons (Fsp3) is 0.391. The number of nitrogens with one attached hydrogen (secondary N) is 3. The number of sulfonamides is 1. The molecule has 9 heteroatoms. The molecule has 4 rings (SSSR count). The van der Waals surface area contributed by atoms with Crippen molar-refractivity contribution in [2.75, 3.05) is 11.8 Å². The summed E-state index contributed by atoms with van der Waals surface area (Å²) in [4.78, 5) is 24.7. The van der Waals surface area contributed by atoms with Gasteiger partial charge in [0.1, 0.15) is 5.75 Å². The lowest BCUT2D eigenvalue weighted by molar-refractivity contribution is -0.123. The quantitative estimate of drug-likeness (QED) is 0.553. The molecule has 2 aliphatic rings. The lowest BCUT2D eigenvalue weighted by atomic mass is 9.86. The Morgan fingerprint density at radius 1 is 1.03 bits per heavy atom. The molecule has 0 spiro atoms. The van der Waals surface area contributed by atoms with E-state index < -0.39 is 15.9 Å². The SMILES string of the molecule is COc1ccc(NS(=O)(=O)c2cccc(C(=O)NNC(=O)CC3CC4CCC3C4)c2)cc1. The molecular weight excluding hydrogens is 430 g/mol. The van der Waals surface area contributed by atoms with Crippen molar-refractivity contribution in [3.63, 3.8) is 0 Å². The van der Waals surface area contributed by atoms with Crippen LogP contribution in [0.5, 0.6) is 5.75 Å². The number of anilines is 1. The number of ether oxygens (including phenoxy) is 1. The maximum atomic E-state index is 12.7. The first-order chi connectivity index (χ1) is 15.3. The van der Waals surface area contributed by atoms with Crippen LogP contribution in [0.3, 0.4) is 0 Å². The summed E-state index contributed by atoms with van der Waals surface area (Å²) in [6.45, 7) is 0. The van der Waals surface area contributed by atoms with E-state index in [9.17, 15) is 18.0 Å². The maximum absolute atomic E-state index is 12.7. The third kappa shape index (κ3) is 5.04. The summed E-state index contributed by atoms with van der Waals surface area (Å²) in [5.41, 5.74) is 5.35. The van der Waals surface area contributed by atoms with Crippen LogP contribution in [-0.4, -0.2) is 27.3 Å². The van der Waals surface area contributed by atoms with Crippen LogP contribution in [0.15, 0.2) is 53.4 Å². The summed E-state index contributed by atoms with van der Waals surface area (Å²) < 4.78 is 33.0. The number of fused-ring (bicyclic) bond motifs is 2. The largest absolute Gasteiger partial charge is 0.497 e. The van der Waals surface area contributed by atoms with E-state index in [1.54, 1.807) is 24.3 Å². The fourth-order valence-electron chi connectivity index (χ4n) is 4.79. The molecule has 2 saturated carbocycles. The monoisotopic (exact) mass is 457 g/mol. The molecule has 8 nitrogen and oxygen atoms in total. The summed E-state index contributed by atoms with van der Waals surface area (Å²) in [6, 6.07) is 12.1. The molecule has 32 heavy (non-hydrogen) atoms. The standard InChI is InChI=1S/C23H27N3O5S/c1-31-20-9-7-19(8-10-20)26-32(29,30)21-4-2-3-17(13-21)23(28)25-24-22(27)14-18-12-15-5-6-16(18)11-15/h2-4,7-10,13,15-16,18,26H,5-6,11-12,14H2,1H3,(H,24,27)(H,25,28). The first-order valence-electron chi connectivity index (χ1n) is 10.7. The Morgan fingerprint density at radius 3 is 2.47 bits per heavy atom. The molecule has 3 unspecified atom stereocenters. The molecule has 2 bridgehead atoms. The van der Waals surface area contributed by atoms with Crippen molar-refractivity contribution in [3.05, 3.63) is 54.1 Å². The molecule has 0 saturated heterocycles. The molecule has 3 N–H and O–H groups in total. The van der Waals surface area contributed by atoms with Gasteiger partial charge >= 0.3 is 0 Å². The predicted octanol–water partition coefficient (Wildman–Crippen LogP) is 3.08. The van der Waals surface area contributed by atoms with E-state index in [4.69, 9.17) is 4.74 Å². The Kier molecular flexibility index (Phi) is 6.36. The van der Waals surface area contributed by atoms with Crippen LogP contribution in [0.2, 0.25) is 0 Å². The third-order valence-electron chi connectivity index (χ3n) is 6.40. The highest BCUT2D eigenvalue weighted by atomic mass is 32.2. The second-order valence-corrected chi connectivity index (χ2v) is 10.2. The van der Waals surface area contributed by atoms with Crippen molar-refractivity contribution in [2.24, 2.45) is 17.8 Å². The maximum Gasteiger partial charge on any atom is 0.269 e. The molecule has 2 aliphatic carbocycles. The zero-order chi connectivity index (χ0) is 22.7. The summed E-state index contributed by atoms with van der Waals surface area (Å²) >= 11 is 0. The van der Waals surface area contributed by atoms with Crippen molar-refractivity contribution in [2.45, 2.75) is 37.0 Å². The number of benzene rings is 2. The Bertz CT molecular complexity index is 1100. The van der Waals surface area contributed by atoms with Crippen LogP contribution in [0.1, 0.15) is 42.5 Å². The molecule has 0 aromatic heterocycles. The van der Waals surface area contributed by atoms with E-state index in [2.05, 4.69) is 15.6 Å². The highest BCUT2D eigenvalue weighted by molar-refractivity contribution is 7.92. The first kappa shape index (κ1) is 22.1. The average Bonchev–Trinajstić information content (AvgIpc) is 3.41. The highest BCUT2D eigenvalue weighted by Crippen LogP contribution is 2.49. The minimum atomic E-state index is -3.90. The van der Waals surface area contributed by atoms with E-state index in [1.807, 2.05) is 0 Å². The number of rotatable bonds is 7. The van der Waals surface area contributed by atoms with Gasteiger partial charge in [0.25, 0.3) is 15.9 Å². The number of hydrogen-bond acceptors (Lipinski definition) is 5. The van der Waals surface area contributed by atoms with Gasteiger partial charge in [0.15, 0.2) is 0 Å². The topological polar surface area (TPSA) is 114 Å².